The summed E-state index contributed by atoms with van der Waals surface area (Å²) in [5.41, 5.74) is 1.02. The van der Waals surface area contributed by atoms with E-state index in [0.717, 1.165) is 44.6 Å². The summed E-state index contributed by atoms with van der Waals surface area (Å²) in [6.45, 7) is 8.50. The molecule has 1 saturated heterocycles. The molecule has 0 aromatic heterocycles. The van der Waals surface area contributed by atoms with Gasteiger partial charge < -0.3 is 14.5 Å². The molecule has 1 heterocycles. The minimum atomic E-state index is -0.205. The van der Waals surface area contributed by atoms with Crippen molar-refractivity contribution < 1.29 is 9.53 Å². The molecule has 1 aromatic carbocycles. The highest BCUT2D eigenvalue weighted by Gasteiger charge is 2.27. The van der Waals surface area contributed by atoms with Crippen molar-refractivity contribution in [2.24, 2.45) is 0 Å². The molecular formula is C19H28N2O2. The van der Waals surface area contributed by atoms with Gasteiger partial charge in [-0.15, -0.1) is 0 Å². The third-order valence-electron chi connectivity index (χ3n) is 4.36. The summed E-state index contributed by atoms with van der Waals surface area (Å²) in [6, 6.07) is 9.99. The van der Waals surface area contributed by atoms with E-state index in [4.69, 9.17) is 4.74 Å². The molecule has 4 heteroatoms. The molecule has 0 spiro atoms. The summed E-state index contributed by atoms with van der Waals surface area (Å²) in [7, 11) is 0. The first kappa shape index (κ1) is 17.5. The molecule has 0 radical (unpaired) electrons. The molecule has 4 nitrogen and oxygen atoms in total. The second kappa shape index (κ2) is 9.36. The Hall–Kier alpha value is -1.81. The largest absolute Gasteiger partial charge is 0.445 e. The number of amides is 1. The Morgan fingerprint density at radius 2 is 2.04 bits per heavy atom. The van der Waals surface area contributed by atoms with Crippen LogP contribution in [0.1, 0.15) is 32.3 Å². The third-order valence-corrected chi connectivity index (χ3v) is 4.36. The maximum Gasteiger partial charge on any atom is 0.410 e. The molecule has 0 N–H and O–H groups in total. The van der Waals surface area contributed by atoms with Crippen molar-refractivity contribution in [3.05, 3.63) is 48.0 Å². The number of carbonyl (C=O) groups excluding carboxylic acids is 1. The van der Waals surface area contributed by atoms with Gasteiger partial charge in [0.15, 0.2) is 0 Å². The normalized spacial score (nSPS) is 18.0. The van der Waals surface area contributed by atoms with Crippen molar-refractivity contribution in [2.75, 3.05) is 26.2 Å². The van der Waals surface area contributed by atoms with E-state index in [9.17, 15) is 4.79 Å². The van der Waals surface area contributed by atoms with Crippen LogP contribution in [-0.2, 0) is 11.3 Å². The van der Waals surface area contributed by atoms with Crippen LogP contribution < -0.4 is 0 Å². The number of likely N-dealkylation sites (tertiary alicyclic amines) is 1. The first-order valence-corrected chi connectivity index (χ1v) is 8.61. The van der Waals surface area contributed by atoms with Gasteiger partial charge in [0.05, 0.1) is 6.04 Å². The molecule has 0 aliphatic carbocycles. The molecule has 1 atom stereocenters. The highest BCUT2D eigenvalue weighted by Crippen LogP contribution is 2.20. The zero-order valence-electron chi connectivity index (χ0n) is 14.3. The van der Waals surface area contributed by atoms with Gasteiger partial charge in [0.1, 0.15) is 6.61 Å². The molecule has 0 bridgehead atoms. The molecule has 1 fully saturated rings. The monoisotopic (exact) mass is 316 g/mol. The number of rotatable bonds is 7. The minimum absolute atomic E-state index is 0.175. The van der Waals surface area contributed by atoms with E-state index in [0.29, 0.717) is 6.61 Å². The number of nitrogens with zero attached hydrogens (tertiary/aromatic N) is 2. The Kier molecular flexibility index (Phi) is 7.14. The lowest BCUT2D eigenvalue weighted by molar-refractivity contribution is 0.0974. The van der Waals surface area contributed by atoms with E-state index < -0.39 is 0 Å². The highest BCUT2D eigenvalue weighted by atomic mass is 16.6. The van der Waals surface area contributed by atoms with E-state index in [1.165, 1.54) is 0 Å². The predicted molar refractivity (Wildman–Crippen MR) is 93.3 cm³/mol. The number of benzene rings is 1. The molecule has 1 aliphatic heterocycles. The first-order chi connectivity index (χ1) is 11.2. The van der Waals surface area contributed by atoms with Crippen LogP contribution >= 0.6 is 0 Å². The molecule has 0 unspecified atom stereocenters. The van der Waals surface area contributed by atoms with E-state index in [1.807, 2.05) is 35.2 Å². The number of hydrogen-bond acceptors (Lipinski definition) is 3. The fourth-order valence-corrected chi connectivity index (χ4v) is 2.87. The standard InChI is InChI=1S/C19H28N2O2/c1-3-20(4-2)14-8-12-18-13-9-15-21(18)19(22)23-16-17-10-6-5-7-11-17/h5-8,10-12,18H,3-4,9,13-16H2,1-2H3/b12-8+/t18-/m1/s1. The van der Waals surface area contributed by atoms with Crippen LogP contribution in [0.3, 0.4) is 0 Å². The van der Waals surface area contributed by atoms with E-state index in [-0.39, 0.29) is 12.1 Å². The summed E-state index contributed by atoms with van der Waals surface area (Å²) in [6.07, 6.45) is 6.20. The molecule has 23 heavy (non-hydrogen) atoms. The molecule has 1 aliphatic rings. The Morgan fingerprint density at radius 3 is 2.74 bits per heavy atom. The summed E-state index contributed by atoms with van der Waals surface area (Å²) in [4.78, 5) is 16.5. The summed E-state index contributed by atoms with van der Waals surface area (Å²) >= 11 is 0. The molecule has 2 rings (SSSR count). The smallest absolute Gasteiger partial charge is 0.410 e. The number of carbonyl (C=O) groups is 1. The molecular weight excluding hydrogens is 288 g/mol. The van der Waals surface area contributed by atoms with Crippen molar-refractivity contribution in [3.8, 4) is 0 Å². The molecule has 1 amide bonds. The van der Waals surface area contributed by atoms with E-state index in [2.05, 4.69) is 30.9 Å². The number of ether oxygens (including phenoxy) is 1. The van der Waals surface area contributed by atoms with E-state index in [1.54, 1.807) is 0 Å². The Balaban J connectivity index is 1.83. The van der Waals surface area contributed by atoms with Gasteiger partial charge in [-0.25, -0.2) is 4.79 Å². The lowest BCUT2D eigenvalue weighted by Gasteiger charge is -2.22. The van der Waals surface area contributed by atoms with Crippen LogP contribution in [0.25, 0.3) is 0 Å². The van der Waals surface area contributed by atoms with Crippen molar-refractivity contribution in [2.45, 2.75) is 39.3 Å². The summed E-state index contributed by atoms with van der Waals surface area (Å²) in [5.74, 6) is 0. The van der Waals surface area contributed by atoms with Gasteiger partial charge in [-0.3, -0.25) is 0 Å². The number of likely N-dealkylation sites (N-methyl/N-ethyl adjacent to an activating group) is 1. The Bertz CT molecular complexity index is 497. The van der Waals surface area contributed by atoms with E-state index >= 15 is 0 Å². The summed E-state index contributed by atoms with van der Waals surface area (Å²) < 4.78 is 5.45. The maximum absolute atomic E-state index is 12.3. The number of hydrogen-bond donors (Lipinski definition) is 0. The summed E-state index contributed by atoms with van der Waals surface area (Å²) in [5, 5.41) is 0. The zero-order valence-corrected chi connectivity index (χ0v) is 14.3. The van der Waals surface area contributed by atoms with Gasteiger partial charge in [0.2, 0.25) is 0 Å². The fraction of sp³-hybridized carbons (Fsp3) is 0.526. The van der Waals surface area contributed by atoms with Gasteiger partial charge in [-0.1, -0.05) is 56.3 Å². The third kappa shape index (κ3) is 5.39. The zero-order chi connectivity index (χ0) is 16.5. The second-order valence-corrected chi connectivity index (χ2v) is 5.86. The van der Waals surface area contributed by atoms with Crippen LogP contribution in [0.5, 0.6) is 0 Å². The van der Waals surface area contributed by atoms with Crippen LogP contribution in [0.4, 0.5) is 4.79 Å². The molecule has 1 aromatic rings. The van der Waals surface area contributed by atoms with Crippen molar-refractivity contribution in [1.29, 1.82) is 0 Å². The average Bonchev–Trinajstić information content (AvgIpc) is 3.06. The molecule has 0 saturated carbocycles. The Labute approximate surface area is 139 Å². The maximum atomic E-state index is 12.3. The first-order valence-electron chi connectivity index (χ1n) is 8.61. The van der Waals surface area contributed by atoms with Crippen LogP contribution in [0.2, 0.25) is 0 Å². The second-order valence-electron chi connectivity index (χ2n) is 5.86. The van der Waals surface area contributed by atoms with Crippen LogP contribution in [-0.4, -0.2) is 48.1 Å². The topological polar surface area (TPSA) is 32.8 Å². The predicted octanol–water partition coefficient (Wildman–Crippen LogP) is 3.69. The minimum Gasteiger partial charge on any atom is -0.445 e. The fourth-order valence-electron chi connectivity index (χ4n) is 2.87. The lowest BCUT2D eigenvalue weighted by Crippen LogP contribution is -2.35. The average molecular weight is 316 g/mol. The van der Waals surface area contributed by atoms with Crippen LogP contribution in [0, 0.1) is 0 Å². The van der Waals surface area contributed by atoms with Crippen LogP contribution in [0.15, 0.2) is 42.5 Å². The van der Waals surface area contributed by atoms with Gasteiger partial charge in [0, 0.05) is 13.1 Å². The van der Waals surface area contributed by atoms with Crippen molar-refractivity contribution in [3.63, 3.8) is 0 Å². The molecule has 126 valence electrons. The van der Waals surface area contributed by atoms with Gasteiger partial charge in [0.25, 0.3) is 0 Å². The van der Waals surface area contributed by atoms with Gasteiger partial charge >= 0.3 is 6.09 Å². The van der Waals surface area contributed by atoms with Gasteiger partial charge in [-0.2, -0.15) is 0 Å². The SMILES string of the molecule is CCN(CC)C/C=C/[C@@H]1CCCN1C(=O)OCc1ccccc1. The van der Waals surface area contributed by atoms with Gasteiger partial charge in [-0.05, 0) is 31.5 Å². The Morgan fingerprint density at radius 1 is 1.30 bits per heavy atom. The van der Waals surface area contributed by atoms with Crippen molar-refractivity contribution >= 4 is 6.09 Å². The quantitative estimate of drug-likeness (QED) is 0.719. The highest BCUT2D eigenvalue weighted by molar-refractivity contribution is 5.68. The van der Waals surface area contributed by atoms with Crippen molar-refractivity contribution in [1.82, 2.24) is 9.80 Å². The lowest BCUT2D eigenvalue weighted by atomic mass is 10.2.